The van der Waals surface area contributed by atoms with E-state index < -0.39 is 0 Å². The molecule has 0 N–H and O–H groups in total. The third kappa shape index (κ3) is 5.80. The molecule has 3 rings (SSSR count). The van der Waals surface area contributed by atoms with Crippen LogP contribution in [-0.4, -0.2) is 47.9 Å². The van der Waals surface area contributed by atoms with Gasteiger partial charge in [-0.15, -0.1) is 17.9 Å². The molecule has 1 aliphatic heterocycles. The second-order valence-corrected chi connectivity index (χ2v) is 9.89. The van der Waals surface area contributed by atoms with E-state index in [1.54, 1.807) is 22.3 Å². The molecule has 32 heavy (non-hydrogen) atoms. The molecule has 5 nitrogen and oxygen atoms in total. The lowest BCUT2D eigenvalue weighted by Crippen LogP contribution is -2.48. The molecule has 1 aromatic carbocycles. The predicted molar refractivity (Wildman–Crippen MR) is 130 cm³/mol. The summed E-state index contributed by atoms with van der Waals surface area (Å²) in [6.07, 6.45) is 2.94. The zero-order valence-corrected chi connectivity index (χ0v) is 20.4. The van der Waals surface area contributed by atoms with Gasteiger partial charge in [-0.3, -0.25) is 9.59 Å². The molecule has 0 spiro atoms. The van der Waals surface area contributed by atoms with Crippen molar-refractivity contribution in [3.63, 3.8) is 0 Å². The minimum atomic E-state index is -0.163. The molecule has 172 valence electrons. The Balaban J connectivity index is 1.77. The van der Waals surface area contributed by atoms with E-state index in [0.717, 1.165) is 23.3 Å². The largest absolute Gasteiger partial charge is 0.491 e. The first-order chi connectivity index (χ1) is 15.3. The van der Waals surface area contributed by atoms with Gasteiger partial charge in [-0.25, -0.2) is 0 Å². The van der Waals surface area contributed by atoms with Crippen LogP contribution in [0.2, 0.25) is 0 Å². The van der Waals surface area contributed by atoms with Gasteiger partial charge in [0.1, 0.15) is 18.9 Å². The zero-order valence-electron chi connectivity index (χ0n) is 19.6. The number of carbonyl (C=O) groups is 2. The van der Waals surface area contributed by atoms with E-state index in [4.69, 9.17) is 4.74 Å². The van der Waals surface area contributed by atoms with E-state index in [0.29, 0.717) is 26.1 Å². The van der Waals surface area contributed by atoms with E-state index in [1.165, 1.54) is 10.4 Å². The van der Waals surface area contributed by atoms with Crippen LogP contribution in [0.3, 0.4) is 0 Å². The summed E-state index contributed by atoms with van der Waals surface area (Å²) in [4.78, 5) is 30.9. The number of rotatable bonds is 9. The van der Waals surface area contributed by atoms with E-state index in [-0.39, 0.29) is 30.3 Å². The third-order valence-corrected chi connectivity index (χ3v) is 6.75. The van der Waals surface area contributed by atoms with Crippen molar-refractivity contribution >= 4 is 23.2 Å². The summed E-state index contributed by atoms with van der Waals surface area (Å²) in [6.45, 7) is 13.3. The van der Waals surface area contributed by atoms with Crippen LogP contribution in [0.4, 0.5) is 0 Å². The van der Waals surface area contributed by atoms with Crippen molar-refractivity contribution < 1.29 is 14.3 Å². The highest BCUT2D eigenvalue weighted by Gasteiger charge is 2.33. The lowest BCUT2D eigenvalue weighted by molar-refractivity contribution is -0.142. The van der Waals surface area contributed by atoms with Crippen molar-refractivity contribution in [3.05, 3.63) is 63.9 Å². The summed E-state index contributed by atoms with van der Waals surface area (Å²) in [5.74, 6) is 1.03. The first kappa shape index (κ1) is 24.1. The Morgan fingerprint density at radius 1 is 1.31 bits per heavy atom. The minimum absolute atomic E-state index is 0.00966. The van der Waals surface area contributed by atoms with E-state index >= 15 is 0 Å². The highest BCUT2D eigenvalue weighted by atomic mass is 32.1. The van der Waals surface area contributed by atoms with Gasteiger partial charge < -0.3 is 14.5 Å². The molecular weight excluding hydrogens is 420 g/mol. The van der Waals surface area contributed by atoms with E-state index in [2.05, 4.69) is 31.0 Å². The number of hydrogen-bond donors (Lipinski definition) is 0. The number of amides is 2. The van der Waals surface area contributed by atoms with Crippen LogP contribution in [-0.2, 0) is 16.0 Å². The smallest absolute Gasteiger partial charge is 0.242 e. The molecule has 0 bridgehead atoms. The molecule has 0 radical (unpaired) electrons. The average Bonchev–Trinajstić information content (AvgIpc) is 3.21. The molecule has 2 heterocycles. The Morgan fingerprint density at radius 2 is 2.09 bits per heavy atom. The van der Waals surface area contributed by atoms with Crippen LogP contribution >= 0.6 is 11.3 Å². The number of nitrogens with zero attached hydrogens (tertiary/aromatic N) is 2. The van der Waals surface area contributed by atoms with Gasteiger partial charge >= 0.3 is 0 Å². The number of fused-ring (bicyclic) bond motifs is 1. The average molecular weight is 455 g/mol. The SMILES string of the molecule is C=CCN(CC(=O)N1CCc2sccc2[C@H]1COc1ccc(C)cc1C)C(=O)CC(C)C. The topological polar surface area (TPSA) is 49.9 Å². The Hall–Kier alpha value is -2.60. The number of hydrogen-bond acceptors (Lipinski definition) is 4. The molecule has 0 aliphatic carbocycles. The van der Waals surface area contributed by atoms with Gasteiger partial charge in [0.2, 0.25) is 11.8 Å². The molecule has 0 fully saturated rings. The van der Waals surface area contributed by atoms with Crippen LogP contribution < -0.4 is 4.74 Å². The minimum Gasteiger partial charge on any atom is -0.491 e. The fourth-order valence-corrected chi connectivity index (χ4v) is 5.08. The highest BCUT2D eigenvalue weighted by Crippen LogP contribution is 2.34. The number of benzene rings is 1. The summed E-state index contributed by atoms with van der Waals surface area (Å²) in [6, 6.07) is 8.06. The van der Waals surface area contributed by atoms with Crippen LogP contribution in [0.15, 0.2) is 42.3 Å². The van der Waals surface area contributed by atoms with Gasteiger partial charge in [-0.05, 0) is 54.8 Å². The van der Waals surface area contributed by atoms with Gasteiger partial charge in [-0.1, -0.05) is 37.6 Å². The lowest BCUT2D eigenvalue weighted by Gasteiger charge is -2.37. The second kappa shape index (κ2) is 10.8. The Bertz CT molecular complexity index is 966. The molecule has 2 aromatic rings. The Morgan fingerprint density at radius 3 is 2.78 bits per heavy atom. The van der Waals surface area contributed by atoms with Crippen LogP contribution in [0.25, 0.3) is 0 Å². The number of ether oxygens (including phenoxy) is 1. The first-order valence-electron chi connectivity index (χ1n) is 11.2. The molecule has 1 aromatic heterocycles. The predicted octanol–water partition coefficient (Wildman–Crippen LogP) is 4.93. The Kier molecular flexibility index (Phi) is 8.13. The van der Waals surface area contributed by atoms with E-state index in [1.807, 2.05) is 37.8 Å². The van der Waals surface area contributed by atoms with E-state index in [9.17, 15) is 9.59 Å². The van der Waals surface area contributed by atoms with Gasteiger partial charge in [0.15, 0.2) is 0 Å². The molecule has 0 saturated heterocycles. The van der Waals surface area contributed by atoms with Crippen LogP contribution in [0.1, 0.15) is 47.9 Å². The number of carbonyl (C=O) groups excluding carboxylic acids is 2. The van der Waals surface area contributed by atoms with Gasteiger partial charge in [0, 0.05) is 24.4 Å². The van der Waals surface area contributed by atoms with Crippen LogP contribution in [0.5, 0.6) is 5.75 Å². The van der Waals surface area contributed by atoms with Crippen molar-refractivity contribution in [2.24, 2.45) is 5.92 Å². The fourth-order valence-electron chi connectivity index (χ4n) is 4.15. The summed E-state index contributed by atoms with van der Waals surface area (Å²) in [5.41, 5.74) is 3.43. The summed E-state index contributed by atoms with van der Waals surface area (Å²) in [5, 5.41) is 2.08. The maximum Gasteiger partial charge on any atom is 0.242 e. The van der Waals surface area contributed by atoms with Crippen molar-refractivity contribution in [2.45, 2.75) is 46.6 Å². The highest BCUT2D eigenvalue weighted by molar-refractivity contribution is 7.10. The maximum absolute atomic E-state index is 13.4. The van der Waals surface area contributed by atoms with Crippen molar-refractivity contribution in [2.75, 3.05) is 26.2 Å². The number of aryl methyl sites for hydroxylation is 2. The standard InChI is InChI=1S/C26H34N2O3S/c1-6-11-27(25(29)14-18(2)3)16-26(30)28-12-9-24-21(10-13-32-24)22(28)17-31-23-8-7-19(4)15-20(23)5/h6-8,10,13,15,18,22H,1,9,11-12,14,16-17H2,2-5H3/t22-/m1/s1. The monoisotopic (exact) mass is 454 g/mol. The van der Waals surface area contributed by atoms with Crippen molar-refractivity contribution in [3.8, 4) is 5.75 Å². The summed E-state index contributed by atoms with van der Waals surface area (Å²) in [7, 11) is 0. The van der Waals surface area contributed by atoms with Crippen LogP contribution in [0, 0.1) is 19.8 Å². The van der Waals surface area contributed by atoms with Gasteiger partial charge in [-0.2, -0.15) is 0 Å². The quantitative estimate of drug-likeness (QED) is 0.505. The molecule has 6 heteroatoms. The summed E-state index contributed by atoms with van der Waals surface area (Å²) >= 11 is 1.73. The lowest BCUT2D eigenvalue weighted by atomic mass is 10.00. The zero-order chi connectivity index (χ0) is 23.3. The third-order valence-electron chi connectivity index (χ3n) is 5.75. The molecule has 0 saturated carbocycles. The fraction of sp³-hybridized carbons (Fsp3) is 0.462. The van der Waals surface area contributed by atoms with Gasteiger partial charge in [0.25, 0.3) is 0 Å². The summed E-state index contributed by atoms with van der Waals surface area (Å²) < 4.78 is 6.20. The Labute approximate surface area is 195 Å². The molecule has 0 unspecified atom stereocenters. The normalized spacial score (nSPS) is 15.4. The second-order valence-electron chi connectivity index (χ2n) is 8.89. The molecule has 1 atom stereocenters. The van der Waals surface area contributed by atoms with Crippen molar-refractivity contribution in [1.29, 1.82) is 0 Å². The maximum atomic E-state index is 13.4. The first-order valence-corrected chi connectivity index (χ1v) is 12.1. The molecule has 1 aliphatic rings. The molecule has 2 amide bonds. The van der Waals surface area contributed by atoms with Gasteiger partial charge in [0.05, 0.1) is 6.04 Å². The number of thiophene rings is 1. The van der Waals surface area contributed by atoms with Crippen molar-refractivity contribution in [1.82, 2.24) is 9.80 Å². The molecular formula is C26H34N2O3S.